The third kappa shape index (κ3) is 2.60. The van der Waals surface area contributed by atoms with Crippen molar-refractivity contribution in [3.05, 3.63) is 70.8 Å². The van der Waals surface area contributed by atoms with E-state index in [4.69, 9.17) is 4.74 Å². The van der Waals surface area contributed by atoms with Crippen LogP contribution in [0.4, 0.5) is 0 Å². The second-order valence-corrected chi connectivity index (χ2v) is 7.37. The number of fused-ring (bicyclic) bond motifs is 1. The highest BCUT2D eigenvalue weighted by Gasteiger charge is 2.33. The molecule has 0 saturated carbocycles. The number of benzene rings is 2. The number of phenols is 1. The van der Waals surface area contributed by atoms with Gasteiger partial charge < -0.3 is 9.84 Å². The van der Waals surface area contributed by atoms with E-state index in [1.54, 1.807) is 6.07 Å². The maximum Gasteiger partial charge on any atom is 0.339 e. The summed E-state index contributed by atoms with van der Waals surface area (Å²) < 4.78 is 5.36. The van der Waals surface area contributed by atoms with E-state index in [1.165, 1.54) is 0 Å². The van der Waals surface area contributed by atoms with Crippen molar-refractivity contribution in [1.29, 1.82) is 0 Å². The van der Waals surface area contributed by atoms with Gasteiger partial charge in [0.1, 0.15) is 11.5 Å². The summed E-state index contributed by atoms with van der Waals surface area (Å²) in [7, 11) is 0. The highest BCUT2D eigenvalue weighted by molar-refractivity contribution is 5.94. The highest BCUT2D eigenvalue weighted by atomic mass is 16.5. The molecule has 0 spiro atoms. The van der Waals surface area contributed by atoms with Crippen molar-refractivity contribution in [3.63, 3.8) is 0 Å². The van der Waals surface area contributed by atoms with Gasteiger partial charge in [-0.05, 0) is 35.1 Å². The molecular weight excluding hydrogens is 300 g/mol. The third-order valence-corrected chi connectivity index (χ3v) is 4.51. The Morgan fingerprint density at radius 1 is 1.17 bits per heavy atom. The average Bonchev–Trinajstić information content (AvgIpc) is 2.50. The number of hydrogen-bond donors (Lipinski definition) is 1. The van der Waals surface area contributed by atoms with Crippen molar-refractivity contribution in [2.24, 2.45) is 0 Å². The second-order valence-electron chi connectivity index (χ2n) is 7.37. The van der Waals surface area contributed by atoms with E-state index in [9.17, 15) is 9.90 Å². The molecule has 3 nitrogen and oxygen atoms in total. The Balaban J connectivity index is 2.24. The summed E-state index contributed by atoms with van der Waals surface area (Å²) in [5.74, 6) is 0.219. The lowest BCUT2D eigenvalue weighted by atomic mass is 9.78. The molecule has 1 aliphatic rings. The van der Waals surface area contributed by atoms with Crippen LogP contribution in [0.3, 0.4) is 0 Å². The van der Waals surface area contributed by atoms with Gasteiger partial charge in [0.2, 0.25) is 0 Å². The van der Waals surface area contributed by atoms with Crippen molar-refractivity contribution in [1.82, 2.24) is 0 Å². The van der Waals surface area contributed by atoms with Gasteiger partial charge in [-0.2, -0.15) is 0 Å². The number of ether oxygens (including phenoxy) is 1. The summed E-state index contributed by atoms with van der Waals surface area (Å²) >= 11 is 0. The SMILES string of the molecule is C=C1C(=O)Oc2ccccc2[C@@H]1c1cc(C)c(O)c(C(C)(C)C)c1. The first kappa shape index (κ1) is 16.3. The maximum absolute atomic E-state index is 12.2. The van der Waals surface area contributed by atoms with Gasteiger partial charge in [-0.1, -0.05) is 57.7 Å². The predicted octanol–water partition coefficient (Wildman–Crippen LogP) is 4.61. The fourth-order valence-electron chi connectivity index (χ4n) is 3.21. The van der Waals surface area contributed by atoms with E-state index >= 15 is 0 Å². The Labute approximate surface area is 142 Å². The number of hydrogen-bond acceptors (Lipinski definition) is 3. The van der Waals surface area contributed by atoms with Crippen LogP contribution < -0.4 is 4.74 Å². The van der Waals surface area contributed by atoms with Gasteiger partial charge in [-0.15, -0.1) is 0 Å². The molecule has 0 amide bonds. The summed E-state index contributed by atoms with van der Waals surface area (Å²) in [6, 6.07) is 11.4. The molecule has 0 aromatic heterocycles. The van der Waals surface area contributed by atoms with Crippen LogP contribution in [-0.4, -0.2) is 11.1 Å². The van der Waals surface area contributed by atoms with Gasteiger partial charge in [0.05, 0.1) is 0 Å². The fourth-order valence-corrected chi connectivity index (χ4v) is 3.21. The summed E-state index contributed by atoms with van der Waals surface area (Å²) in [4.78, 5) is 12.2. The smallest absolute Gasteiger partial charge is 0.339 e. The third-order valence-electron chi connectivity index (χ3n) is 4.51. The van der Waals surface area contributed by atoms with E-state index in [0.717, 1.165) is 22.3 Å². The number of carbonyl (C=O) groups is 1. The van der Waals surface area contributed by atoms with Crippen molar-refractivity contribution in [3.8, 4) is 11.5 Å². The van der Waals surface area contributed by atoms with Gasteiger partial charge in [0.15, 0.2) is 0 Å². The molecule has 0 bridgehead atoms. The molecule has 124 valence electrons. The number of carbonyl (C=O) groups excluding carboxylic acids is 1. The number of phenolic OH excluding ortho intramolecular Hbond substituents is 1. The van der Waals surface area contributed by atoms with Gasteiger partial charge in [-0.25, -0.2) is 4.79 Å². The molecule has 3 heteroatoms. The van der Waals surface area contributed by atoms with Crippen LogP contribution in [0.2, 0.25) is 0 Å². The van der Waals surface area contributed by atoms with E-state index < -0.39 is 5.97 Å². The number of para-hydroxylation sites is 1. The predicted molar refractivity (Wildman–Crippen MR) is 94.6 cm³/mol. The molecule has 0 aliphatic carbocycles. The molecule has 3 rings (SSSR count). The van der Waals surface area contributed by atoms with E-state index in [0.29, 0.717) is 17.1 Å². The van der Waals surface area contributed by atoms with Crippen LogP contribution in [0, 0.1) is 6.92 Å². The van der Waals surface area contributed by atoms with E-state index in [1.807, 2.05) is 37.3 Å². The van der Waals surface area contributed by atoms with Crippen LogP contribution in [0.1, 0.15) is 48.9 Å². The Morgan fingerprint density at radius 3 is 2.50 bits per heavy atom. The molecule has 0 saturated heterocycles. The molecule has 24 heavy (non-hydrogen) atoms. The van der Waals surface area contributed by atoms with Crippen molar-refractivity contribution in [2.45, 2.75) is 39.0 Å². The molecule has 1 atom stereocenters. The lowest BCUT2D eigenvalue weighted by molar-refractivity contribution is -0.131. The van der Waals surface area contributed by atoms with Crippen molar-refractivity contribution < 1.29 is 14.6 Å². The van der Waals surface area contributed by atoms with Crippen molar-refractivity contribution >= 4 is 5.97 Å². The molecule has 0 radical (unpaired) electrons. The van der Waals surface area contributed by atoms with Gasteiger partial charge in [0.25, 0.3) is 0 Å². The lowest BCUT2D eigenvalue weighted by Gasteiger charge is -2.29. The molecule has 0 fully saturated rings. The second kappa shape index (κ2) is 5.52. The molecule has 1 aliphatic heterocycles. The minimum atomic E-state index is -0.401. The molecule has 2 aromatic carbocycles. The standard InChI is InChI=1S/C21H22O3/c1-12-10-14(11-16(19(12)22)21(3,4)5)18-13(2)20(23)24-17-9-7-6-8-15(17)18/h6-11,18,22H,2H2,1,3-5H3/t18-/m0/s1. The number of rotatable bonds is 1. The fraction of sp³-hybridized carbons (Fsp3) is 0.286. The summed E-state index contributed by atoms with van der Waals surface area (Å²) in [5.41, 5.74) is 3.74. The topological polar surface area (TPSA) is 46.5 Å². The minimum Gasteiger partial charge on any atom is -0.507 e. The Bertz CT molecular complexity index is 841. The maximum atomic E-state index is 12.2. The molecule has 1 N–H and O–H groups in total. The monoisotopic (exact) mass is 322 g/mol. The quantitative estimate of drug-likeness (QED) is 0.474. The number of aryl methyl sites for hydroxylation is 1. The van der Waals surface area contributed by atoms with E-state index in [-0.39, 0.29) is 11.3 Å². The summed E-state index contributed by atoms with van der Waals surface area (Å²) in [6.07, 6.45) is 0. The first-order valence-electron chi connectivity index (χ1n) is 8.04. The van der Waals surface area contributed by atoms with Crippen LogP contribution in [0.5, 0.6) is 11.5 Å². The van der Waals surface area contributed by atoms with Crippen LogP contribution in [0.15, 0.2) is 48.6 Å². The number of esters is 1. The first-order chi connectivity index (χ1) is 11.2. The van der Waals surface area contributed by atoms with Gasteiger partial charge >= 0.3 is 5.97 Å². The first-order valence-corrected chi connectivity index (χ1v) is 8.04. The van der Waals surface area contributed by atoms with Crippen LogP contribution in [0.25, 0.3) is 0 Å². The zero-order valence-corrected chi connectivity index (χ0v) is 14.5. The van der Waals surface area contributed by atoms with E-state index in [2.05, 4.69) is 27.4 Å². The van der Waals surface area contributed by atoms with Gasteiger partial charge in [0, 0.05) is 17.1 Å². The molecule has 2 aromatic rings. The highest BCUT2D eigenvalue weighted by Crippen LogP contribution is 2.44. The summed E-state index contributed by atoms with van der Waals surface area (Å²) in [5, 5.41) is 10.5. The zero-order chi connectivity index (χ0) is 17.6. The molecule has 0 unspecified atom stereocenters. The van der Waals surface area contributed by atoms with Crippen molar-refractivity contribution in [2.75, 3.05) is 0 Å². The number of aromatic hydroxyl groups is 1. The Morgan fingerprint density at radius 2 is 1.83 bits per heavy atom. The Hall–Kier alpha value is -2.55. The lowest BCUT2D eigenvalue weighted by Crippen LogP contribution is -2.24. The summed E-state index contributed by atoms with van der Waals surface area (Å²) in [6.45, 7) is 12.0. The largest absolute Gasteiger partial charge is 0.507 e. The minimum absolute atomic E-state index is 0.207. The van der Waals surface area contributed by atoms with Crippen LogP contribution >= 0.6 is 0 Å². The van der Waals surface area contributed by atoms with Gasteiger partial charge in [-0.3, -0.25) is 0 Å². The average molecular weight is 322 g/mol. The zero-order valence-electron chi connectivity index (χ0n) is 14.5. The normalized spacial score (nSPS) is 17.4. The molecular formula is C21H22O3. The van der Waals surface area contributed by atoms with Crippen LogP contribution in [-0.2, 0) is 10.2 Å². The molecule has 1 heterocycles. The Kier molecular flexibility index (Phi) is 3.75.